The fourth-order valence-corrected chi connectivity index (χ4v) is 3.39. The number of nitrogens with zero attached hydrogens (tertiary/aromatic N) is 2. The quantitative estimate of drug-likeness (QED) is 0.262. The summed E-state index contributed by atoms with van der Waals surface area (Å²) < 4.78 is -0.729. The number of quaternary nitrogens is 1. The van der Waals surface area contributed by atoms with Crippen LogP contribution >= 0.6 is 0 Å². The third-order valence-electron chi connectivity index (χ3n) is 4.87. The Morgan fingerprint density at radius 2 is 1.50 bits per heavy atom. The minimum Gasteiger partial charge on any atom is -0.626 e. The lowest BCUT2D eigenvalue weighted by Crippen LogP contribution is -2.48. The van der Waals surface area contributed by atoms with Crippen LogP contribution in [0.4, 0.5) is 0 Å². The SMILES string of the molecule is CCCCCCCCCCCCCCC1=NCC[N+]1([O-])CC(=O)O. The van der Waals surface area contributed by atoms with Crippen LogP contribution < -0.4 is 0 Å². The molecule has 5 nitrogen and oxygen atoms in total. The lowest BCUT2D eigenvalue weighted by molar-refractivity contribution is -0.775. The van der Waals surface area contributed by atoms with E-state index < -0.39 is 10.6 Å². The number of carboxylic acid groups (broad SMARTS) is 1. The van der Waals surface area contributed by atoms with Crippen molar-refractivity contribution in [1.82, 2.24) is 0 Å². The maximum absolute atomic E-state index is 12.4. The van der Waals surface area contributed by atoms with Crippen LogP contribution in [0.15, 0.2) is 4.99 Å². The van der Waals surface area contributed by atoms with Crippen molar-refractivity contribution in [2.45, 2.75) is 90.4 Å². The Bertz CT molecular complexity index is 385. The van der Waals surface area contributed by atoms with Crippen molar-refractivity contribution in [3.05, 3.63) is 5.21 Å². The average Bonchev–Trinajstić information content (AvgIpc) is 2.88. The molecule has 140 valence electrons. The molecule has 0 aromatic rings. The van der Waals surface area contributed by atoms with Crippen LogP contribution in [0, 0.1) is 5.21 Å². The molecule has 24 heavy (non-hydrogen) atoms. The third-order valence-corrected chi connectivity index (χ3v) is 4.87. The predicted octanol–water partition coefficient (Wildman–Crippen LogP) is 4.89. The van der Waals surface area contributed by atoms with E-state index in [9.17, 15) is 10.0 Å². The van der Waals surface area contributed by atoms with Gasteiger partial charge in [0.15, 0.2) is 12.4 Å². The molecule has 1 aliphatic heterocycles. The van der Waals surface area contributed by atoms with Gasteiger partial charge in [-0.1, -0.05) is 77.6 Å². The molecular weight excluding hydrogens is 304 g/mol. The zero-order chi connectivity index (χ0) is 17.7. The van der Waals surface area contributed by atoms with Gasteiger partial charge >= 0.3 is 5.97 Å². The van der Waals surface area contributed by atoms with Crippen molar-refractivity contribution in [3.8, 4) is 0 Å². The normalized spacial score (nSPS) is 20.3. The van der Waals surface area contributed by atoms with Gasteiger partial charge in [-0.15, -0.1) is 0 Å². The van der Waals surface area contributed by atoms with Crippen molar-refractivity contribution < 1.29 is 14.5 Å². The molecule has 1 unspecified atom stereocenters. The highest BCUT2D eigenvalue weighted by Crippen LogP contribution is 2.19. The summed E-state index contributed by atoms with van der Waals surface area (Å²) in [7, 11) is 0. The minimum absolute atomic E-state index is 0.292. The number of aliphatic carboxylic acids is 1. The first-order valence-electron chi connectivity index (χ1n) is 9.92. The highest BCUT2D eigenvalue weighted by Gasteiger charge is 2.31. The lowest BCUT2D eigenvalue weighted by atomic mass is 10.0. The second-order valence-corrected chi connectivity index (χ2v) is 7.10. The largest absolute Gasteiger partial charge is 0.626 e. The monoisotopic (exact) mass is 340 g/mol. The van der Waals surface area contributed by atoms with Gasteiger partial charge in [0, 0.05) is 6.42 Å². The number of rotatable bonds is 15. The Labute approximate surface area is 147 Å². The molecule has 0 aliphatic carbocycles. The molecule has 0 fully saturated rings. The predicted molar refractivity (Wildman–Crippen MR) is 99.0 cm³/mol. The number of hydrogen-bond acceptors (Lipinski definition) is 3. The van der Waals surface area contributed by atoms with Gasteiger partial charge < -0.3 is 15.0 Å². The van der Waals surface area contributed by atoms with E-state index in [2.05, 4.69) is 11.9 Å². The number of aliphatic imine (C=N–C) groups is 1. The number of amidine groups is 1. The van der Waals surface area contributed by atoms with Crippen molar-refractivity contribution in [3.63, 3.8) is 0 Å². The molecule has 1 aliphatic rings. The smallest absolute Gasteiger partial charge is 0.360 e. The van der Waals surface area contributed by atoms with Crippen molar-refractivity contribution >= 4 is 11.8 Å². The van der Waals surface area contributed by atoms with Gasteiger partial charge in [-0.25, -0.2) is 9.79 Å². The van der Waals surface area contributed by atoms with Crippen LogP contribution in [-0.4, -0.2) is 41.2 Å². The Morgan fingerprint density at radius 1 is 1.00 bits per heavy atom. The summed E-state index contributed by atoms with van der Waals surface area (Å²) in [5, 5.41) is 21.3. The fourth-order valence-electron chi connectivity index (χ4n) is 3.39. The number of carboxylic acids is 1. The molecule has 0 bridgehead atoms. The van der Waals surface area contributed by atoms with Crippen LogP contribution in [0.5, 0.6) is 0 Å². The number of hydrogen-bond donors (Lipinski definition) is 1. The average molecular weight is 341 g/mol. The molecule has 0 aromatic heterocycles. The Morgan fingerprint density at radius 3 is 2.00 bits per heavy atom. The second kappa shape index (κ2) is 12.4. The zero-order valence-corrected chi connectivity index (χ0v) is 15.5. The van der Waals surface area contributed by atoms with E-state index in [-0.39, 0.29) is 6.54 Å². The van der Waals surface area contributed by atoms with E-state index in [1.165, 1.54) is 64.2 Å². The standard InChI is InChI=1S/C19H36N2O3/c1-2-3-4-5-6-7-8-9-10-11-12-13-14-18-20-15-16-21(18,24)17-19(22)23/h2-17H2,1H3,(H,22,23). The van der Waals surface area contributed by atoms with E-state index in [4.69, 9.17) is 5.11 Å². The number of hydroxylamine groups is 3. The molecule has 0 saturated carbocycles. The molecule has 0 radical (unpaired) electrons. The summed E-state index contributed by atoms with van der Waals surface area (Å²) in [6.07, 6.45) is 16.1. The van der Waals surface area contributed by atoms with E-state index >= 15 is 0 Å². The second-order valence-electron chi connectivity index (χ2n) is 7.10. The first-order chi connectivity index (χ1) is 11.6. The highest BCUT2D eigenvalue weighted by molar-refractivity contribution is 5.80. The molecule has 0 saturated heterocycles. The molecule has 0 aromatic carbocycles. The van der Waals surface area contributed by atoms with Gasteiger partial charge in [0.05, 0.1) is 6.54 Å². The first-order valence-corrected chi connectivity index (χ1v) is 9.92. The van der Waals surface area contributed by atoms with Crippen molar-refractivity contribution in [2.24, 2.45) is 4.99 Å². The fraction of sp³-hybridized carbons (Fsp3) is 0.895. The molecule has 1 rings (SSSR count). The molecule has 1 heterocycles. The lowest BCUT2D eigenvalue weighted by Gasteiger charge is -2.37. The summed E-state index contributed by atoms with van der Waals surface area (Å²) in [5.41, 5.74) is 0. The molecule has 0 amide bonds. The summed E-state index contributed by atoms with van der Waals surface area (Å²) in [5.74, 6) is -0.487. The summed E-state index contributed by atoms with van der Waals surface area (Å²) in [6, 6.07) is 0. The Kier molecular flexibility index (Phi) is 10.9. The van der Waals surface area contributed by atoms with Crippen LogP contribution in [0.1, 0.15) is 90.4 Å². The molecule has 5 heteroatoms. The van der Waals surface area contributed by atoms with Crippen molar-refractivity contribution in [2.75, 3.05) is 19.6 Å². The third kappa shape index (κ3) is 8.78. The summed E-state index contributed by atoms with van der Waals surface area (Å²) in [6.45, 7) is 2.64. The number of unbranched alkanes of at least 4 members (excludes halogenated alkanes) is 11. The zero-order valence-electron chi connectivity index (χ0n) is 15.5. The van der Waals surface area contributed by atoms with Gasteiger partial charge in [-0.3, -0.25) is 0 Å². The van der Waals surface area contributed by atoms with E-state index in [1.54, 1.807) is 0 Å². The highest BCUT2D eigenvalue weighted by atomic mass is 16.6. The van der Waals surface area contributed by atoms with Gasteiger partial charge in [0.25, 0.3) is 0 Å². The van der Waals surface area contributed by atoms with Crippen LogP contribution in [0.3, 0.4) is 0 Å². The molecule has 1 atom stereocenters. The molecule has 0 spiro atoms. The minimum atomic E-state index is -1.03. The van der Waals surface area contributed by atoms with Crippen LogP contribution in [-0.2, 0) is 4.79 Å². The Hall–Kier alpha value is -0.940. The maximum atomic E-state index is 12.4. The summed E-state index contributed by atoms with van der Waals surface area (Å²) in [4.78, 5) is 15.1. The Balaban J connectivity index is 1.96. The van der Waals surface area contributed by atoms with E-state index in [0.717, 1.165) is 12.8 Å². The maximum Gasteiger partial charge on any atom is 0.360 e. The molecule has 1 N–H and O–H groups in total. The van der Waals surface area contributed by atoms with Crippen molar-refractivity contribution in [1.29, 1.82) is 0 Å². The van der Waals surface area contributed by atoms with Crippen LogP contribution in [0.25, 0.3) is 0 Å². The first kappa shape index (κ1) is 21.1. The number of carbonyl (C=O) groups is 1. The van der Waals surface area contributed by atoms with Gasteiger partial charge in [-0.05, 0) is 6.42 Å². The topological polar surface area (TPSA) is 72.7 Å². The molecular formula is C19H36N2O3. The van der Waals surface area contributed by atoms with Gasteiger partial charge in [0.2, 0.25) is 0 Å². The van der Waals surface area contributed by atoms with Gasteiger partial charge in [-0.2, -0.15) is 0 Å². The summed E-state index contributed by atoms with van der Waals surface area (Å²) >= 11 is 0. The van der Waals surface area contributed by atoms with Crippen LogP contribution in [0.2, 0.25) is 0 Å². The van der Waals surface area contributed by atoms with E-state index in [0.29, 0.717) is 25.3 Å². The van der Waals surface area contributed by atoms with E-state index in [1.807, 2.05) is 0 Å². The van der Waals surface area contributed by atoms with Gasteiger partial charge in [0.1, 0.15) is 6.54 Å².